The largest absolute Gasteiger partial charge is 0.434 e. The van der Waals surface area contributed by atoms with E-state index in [2.05, 4.69) is 10.8 Å². The van der Waals surface area contributed by atoms with Crippen LogP contribution in [0.5, 0.6) is 5.75 Å². The number of benzene rings is 2. The second-order valence-electron chi connectivity index (χ2n) is 3.28. The van der Waals surface area contributed by atoms with E-state index in [-0.39, 0.29) is 16.9 Å². The molecule has 1 radical (unpaired) electrons. The summed E-state index contributed by atoms with van der Waals surface area (Å²) < 4.78 is 42.2. The van der Waals surface area contributed by atoms with Crippen LogP contribution in [-0.2, 0) is 0 Å². The van der Waals surface area contributed by atoms with Gasteiger partial charge in [-0.3, -0.25) is 0 Å². The van der Waals surface area contributed by atoms with Crippen molar-refractivity contribution in [1.82, 2.24) is 0 Å². The standard InChI is InChI=1S/C13H8F3O/c14-11-7-3-1-5-9(11)10-6-2-4-8-12(10)17-13(15)16/h1-3,5-8,13H. The molecule has 0 aliphatic carbocycles. The Morgan fingerprint density at radius 1 is 1.06 bits per heavy atom. The molecule has 87 valence electrons. The van der Waals surface area contributed by atoms with E-state index in [1.54, 1.807) is 6.07 Å². The van der Waals surface area contributed by atoms with Gasteiger partial charge in [-0.2, -0.15) is 8.78 Å². The van der Waals surface area contributed by atoms with E-state index < -0.39 is 12.4 Å². The zero-order valence-electron chi connectivity index (χ0n) is 8.66. The molecule has 0 fully saturated rings. The average molecular weight is 237 g/mol. The van der Waals surface area contributed by atoms with Gasteiger partial charge < -0.3 is 4.74 Å². The summed E-state index contributed by atoms with van der Waals surface area (Å²) in [5, 5.41) is 0. The quantitative estimate of drug-likeness (QED) is 0.786. The van der Waals surface area contributed by atoms with Crippen molar-refractivity contribution in [2.75, 3.05) is 0 Å². The predicted molar refractivity (Wildman–Crippen MR) is 57.3 cm³/mol. The molecule has 0 saturated heterocycles. The van der Waals surface area contributed by atoms with Crippen molar-refractivity contribution in [1.29, 1.82) is 0 Å². The van der Waals surface area contributed by atoms with Crippen molar-refractivity contribution < 1.29 is 17.9 Å². The highest BCUT2D eigenvalue weighted by atomic mass is 19.3. The SMILES string of the molecule is Fc1ccccc1-c1cc[c]cc1OC(F)F. The Morgan fingerprint density at radius 3 is 2.53 bits per heavy atom. The van der Waals surface area contributed by atoms with Gasteiger partial charge in [-0.25, -0.2) is 4.39 Å². The van der Waals surface area contributed by atoms with Crippen LogP contribution in [-0.4, -0.2) is 6.61 Å². The highest BCUT2D eigenvalue weighted by molar-refractivity contribution is 5.70. The molecule has 0 atom stereocenters. The smallest absolute Gasteiger partial charge is 0.387 e. The maximum atomic E-state index is 13.5. The van der Waals surface area contributed by atoms with E-state index in [0.717, 1.165) is 0 Å². The lowest BCUT2D eigenvalue weighted by atomic mass is 10.0. The van der Waals surface area contributed by atoms with Crippen molar-refractivity contribution >= 4 is 0 Å². The molecule has 0 N–H and O–H groups in total. The third-order valence-corrected chi connectivity index (χ3v) is 2.21. The highest BCUT2D eigenvalue weighted by Gasteiger charge is 2.12. The van der Waals surface area contributed by atoms with Crippen LogP contribution in [0, 0.1) is 11.9 Å². The van der Waals surface area contributed by atoms with E-state index in [9.17, 15) is 13.2 Å². The van der Waals surface area contributed by atoms with Crippen LogP contribution in [0.15, 0.2) is 42.5 Å². The van der Waals surface area contributed by atoms with E-state index in [4.69, 9.17) is 0 Å². The zero-order valence-corrected chi connectivity index (χ0v) is 8.66. The summed E-state index contributed by atoms with van der Waals surface area (Å²) in [5.41, 5.74) is 0.499. The van der Waals surface area contributed by atoms with Crippen molar-refractivity contribution in [3.05, 3.63) is 54.3 Å². The molecule has 17 heavy (non-hydrogen) atoms. The van der Waals surface area contributed by atoms with Gasteiger partial charge in [0, 0.05) is 11.1 Å². The van der Waals surface area contributed by atoms with Crippen molar-refractivity contribution in [3.8, 4) is 16.9 Å². The molecule has 0 heterocycles. The number of hydrogen-bond acceptors (Lipinski definition) is 1. The molecule has 0 aliphatic heterocycles. The second kappa shape index (κ2) is 4.91. The Kier molecular flexibility index (Phi) is 3.32. The molecule has 0 spiro atoms. The molecule has 2 aromatic carbocycles. The summed E-state index contributed by atoms with van der Waals surface area (Å²) in [7, 11) is 0. The maximum Gasteiger partial charge on any atom is 0.387 e. The van der Waals surface area contributed by atoms with Gasteiger partial charge >= 0.3 is 6.61 Å². The molecule has 0 saturated carbocycles. The first kappa shape index (κ1) is 11.5. The first-order chi connectivity index (χ1) is 8.18. The molecule has 0 amide bonds. The summed E-state index contributed by atoms with van der Waals surface area (Å²) >= 11 is 0. The van der Waals surface area contributed by atoms with Gasteiger partial charge in [0.15, 0.2) is 0 Å². The van der Waals surface area contributed by atoms with Gasteiger partial charge in [0.05, 0.1) is 0 Å². The molecule has 0 unspecified atom stereocenters. The molecular weight excluding hydrogens is 229 g/mol. The summed E-state index contributed by atoms with van der Waals surface area (Å²) in [4.78, 5) is 0. The van der Waals surface area contributed by atoms with Crippen LogP contribution in [0.1, 0.15) is 0 Å². The molecule has 2 aromatic rings. The molecular formula is C13H8F3O. The Labute approximate surface area is 96.5 Å². The normalized spacial score (nSPS) is 10.6. The fraction of sp³-hybridized carbons (Fsp3) is 0.0769. The van der Waals surface area contributed by atoms with Crippen LogP contribution >= 0.6 is 0 Å². The fourth-order valence-corrected chi connectivity index (χ4v) is 1.51. The van der Waals surface area contributed by atoms with Crippen molar-refractivity contribution in [2.45, 2.75) is 6.61 Å². The average Bonchev–Trinajstić information content (AvgIpc) is 2.30. The minimum absolute atomic E-state index is 0.0902. The van der Waals surface area contributed by atoms with Crippen LogP contribution in [0.2, 0.25) is 0 Å². The van der Waals surface area contributed by atoms with Gasteiger partial charge in [0.1, 0.15) is 11.6 Å². The lowest BCUT2D eigenvalue weighted by Gasteiger charge is -2.10. The van der Waals surface area contributed by atoms with Gasteiger partial charge in [0.25, 0.3) is 0 Å². The topological polar surface area (TPSA) is 9.23 Å². The fourth-order valence-electron chi connectivity index (χ4n) is 1.51. The van der Waals surface area contributed by atoms with Crippen LogP contribution in [0.25, 0.3) is 11.1 Å². The third kappa shape index (κ3) is 2.58. The predicted octanol–water partition coefficient (Wildman–Crippen LogP) is 3.89. The molecule has 2 rings (SSSR count). The maximum absolute atomic E-state index is 13.5. The van der Waals surface area contributed by atoms with E-state index in [1.165, 1.54) is 36.4 Å². The molecule has 0 bridgehead atoms. The highest BCUT2D eigenvalue weighted by Crippen LogP contribution is 2.32. The number of ether oxygens (including phenoxy) is 1. The van der Waals surface area contributed by atoms with Gasteiger partial charge in [0.2, 0.25) is 0 Å². The molecule has 4 heteroatoms. The Hall–Kier alpha value is -1.97. The molecule has 0 aromatic heterocycles. The summed E-state index contributed by atoms with van der Waals surface area (Å²) in [6.45, 7) is -2.95. The van der Waals surface area contributed by atoms with Crippen molar-refractivity contribution in [3.63, 3.8) is 0 Å². The van der Waals surface area contributed by atoms with Gasteiger partial charge in [-0.1, -0.05) is 24.3 Å². The first-order valence-electron chi connectivity index (χ1n) is 4.88. The number of alkyl halides is 2. The van der Waals surface area contributed by atoms with Gasteiger partial charge in [-0.15, -0.1) is 0 Å². The third-order valence-electron chi connectivity index (χ3n) is 2.21. The number of rotatable bonds is 3. The second-order valence-corrected chi connectivity index (χ2v) is 3.28. The van der Waals surface area contributed by atoms with Crippen LogP contribution < -0.4 is 4.74 Å². The summed E-state index contributed by atoms with van der Waals surface area (Å²) in [6.07, 6.45) is 0. The summed E-state index contributed by atoms with van der Waals surface area (Å²) in [6, 6.07) is 12.8. The minimum Gasteiger partial charge on any atom is -0.434 e. The number of hydrogen-bond donors (Lipinski definition) is 0. The Bertz CT molecular complexity index is 512. The van der Waals surface area contributed by atoms with E-state index in [0.29, 0.717) is 0 Å². The molecule has 0 aliphatic rings. The summed E-state index contributed by atoms with van der Waals surface area (Å²) in [5.74, 6) is -0.578. The monoisotopic (exact) mass is 237 g/mol. The lowest BCUT2D eigenvalue weighted by molar-refractivity contribution is -0.0494. The van der Waals surface area contributed by atoms with E-state index in [1.807, 2.05) is 0 Å². The zero-order chi connectivity index (χ0) is 12.3. The molecule has 1 nitrogen and oxygen atoms in total. The first-order valence-corrected chi connectivity index (χ1v) is 4.88. The van der Waals surface area contributed by atoms with Crippen LogP contribution in [0.3, 0.4) is 0 Å². The van der Waals surface area contributed by atoms with Crippen LogP contribution in [0.4, 0.5) is 13.2 Å². The van der Waals surface area contributed by atoms with Crippen molar-refractivity contribution in [2.24, 2.45) is 0 Å². The number of halogens is 3. The minimum atomic E-state index is -2.95. The Balaban J connectivity index is 2.48. The van der Waals surface area contributed by atoms with E-state index >= 15 is 0 Å². The van der Waals surface area contributed by atoms with Gasteiger partial charge in [-0.05, 0) is 24.3 Å². The lowest BCUT2D eigenvalue weighted by Crippen LogP contribution is -2.03. The Morgan fingerprint density at radius 2 is 1.82 bits per heavy atom.